The van der Waals surface area contributed by atoms with Gasteiger partial charge in [-0.3, -0.25) is 9.98 Å². The van der Waals surface area contributed by atoms with E-state index < -0.39 is 17.7 Å². The fourth-order valence-electron chi connectivity index (χ4n) is 3.03. The molecule has 5 nitrogen and oxygen atoms in total. The van der Waals surface area contributed by atoms with Gasteiger partial charge in [0.05, 0.1) is 30.9 Å². The molecule has 0 bridgehead atoms. The summed E-state index contributed by atoms with van der Waals surface area (Å²) in [6.45, 7) is 0.721. The lowest BCUT2D eigenvalue weighted by Crippen LogP contribution is -2.35. The molecule has 1 aromatic heterocycles. The number of aromatic nitrogens is 1. The van der Waals surface area contributed by atoms with E-state index in [2.05, 4.69) is 20.6 Å². The van der Waals surface area contributed by atoms with Crippen LogP contribution in [0.15, 0.2) is 41.5 Å². The van der Waals surface area contributed by atoms with Gasteiger partial charge in [0, 0.05) is 17.8 Å². The van der Waals surface area contributed by atoms with Crippen LogP contribution in [0.3, 0.4) is 0 Å². The van der Waals surface area contributed by atoms with Crippen LogP contribution in [-0.4, -0.2) is 23.6 Å². The SMILES string of the molecule is Fc1cccc(F)c1C1CN=C(NCc2cc(OC3CCC3)ccn2)N1. The Hall–Kier alpha value is -2.70. The van der Waals surface area contributed by atoms with Gasteiger partial charge >= 0.3 is 0 Å². The molecule has 0 saturated heterocycles. The van der Waals surface area contributed by atoms with Crippen molar-refractivity contribution in [2.75, 3.05) is 6.54 Å². The van der Waals surface area contributed by atoms with Gasteiger partial charge in [0.1, 0.15) is 17.4 Å². The van der Waals surface area contributed by atoms with Crippen LogP contribution in [0.5, 0.6) is 5.75 Å². The van der Waals surface area contributed by atoms with Gasteiger partial charge in [0.25, 0.3) is 0 Å². The zero-order valence-corrected chi connectivity index (χ0v) is 14.2. The average Bonchev–Trinajstić information content (AvgIpc) is 3.05. The maximum atomic E-state index is 13.9. The number of nitrogens with zero attached hydrogens (tertiary/aromatic N) is 2. The van der Waals surface area contributed by atoms with Gasteiger partial charge in [-0.15, -0.1) is 0 Å². The molecular weight excluding hydrogens is 338 g/mol. The molecule has 136 valence electrons. The molecule has 4 rings (SSSR count). The lowest BCUT2D eigenvalue weighted by molar-refractivity contribution is 0.120. The number of guanidine groups is 1. The minimum Gasteiger partial charge on any atom is -0.490 e. The van der Waals surface area contributed by atoms with E-state index in [-0.39, 0.29) is 12.1 Å². The van der Waals surface area contributed by atoms with Crippen molar-refractivity contribution in [2.45, 2.75) is 38.0 Å². The first kappa shape index (κ1) is 16.8. The molecule has 0 amide bonds. The average molecular weight is 358 g/mol. The van der Waals surface area contributed by atoms with Crippen molar-refractivity contribution in [3.8, 4) is 5.75 Å². The number of pyridine rings is 1. The summed E-state index contributed by atoms with van der Waals surface area (Å²) in [5.41, 5.74) is 0.828. The predicted molar refractivity (Wildman–Crippen MR) is 93.9 cm³/mol. The largest absolute Gasteiger partial charge is 0.490 e. The summed E-state index contributed by atoms with van der Waals surface area (Å²) < 4.78 is 33.6. The van der Waals surface area contributed by atoms with Gasteiger partial charge < -0.3 is 15.4 Å². The number of benzene rings is 1. The summed E-state index contributed by atoms with van der Waals surface area (Å²) in [5.74, 6) is 0.182. The van der Waals surface area contributed by atoms with Crippen molar-refractivity contribution in [3.05, 3.63) is 59.4 Å². The maximum absolute atomic E-state index is 13.9. The van der Waals surface area contributed by atoms with Crippen molar-refractivity contribution in [2.24, 2.45) is 4.99 Å². The van der Waals surface area contributed by atoms with E-state index in [9.17, 15) is 8.78 Å². The van der Waals surface area contributed by atoms with Crippen molar-refractivity contribution in [1.82, 2.24) is 15.6 Å². The molecule has 0 radical (unpaired) electrons. The molecule has 1 aliphatic carbocycles. The van der Waals surface area contributed by atoms with Gasteiger partial charge in [0.2, 0.25) is 0 Å². The third-order valence-corrected chi connectivity index (χ3v) is 4.67. The summed E-state index contributed by atoms with van der Waals surface area (Å²) in [6, 6.07) is 7.10. The minimum absolute atomic E-state index is 0.0158. The molecular formula is C19H20F2N4O. The van der Waals surface area contributed by atoms with Crippen LogP contribution >= 0.6 is 0 Å². The van der Waals surface area contributed by atoms with Crippen molar-refractivity contribution in [3.63, 3.8) is 0 Å². The van der Waals surface area contributed by atoms with E-state index in [4.69, 9.17) is 4.74 Å². The molecule has 1 fully saturated rings. The zero-order chi connectivity index (χ0) is 17.9. The number of nitrogens with one attached hydrogen (secondary N) is 2. The third-order valence-electron chi connectivity index (χ3n) is 4.67. The highest BCUT2D eigenvalue weighted by Crippen LogP contribution is 2.25. The first-order valence-corrected chi connectivity index (χ1v) is 8.79. The fourth-order valence-corrected chi connectivity index (χ4v) is 3.03. The van der Waals surface area contributed by atoms with Gasteiger partial charge in [-0.2, -0.15) is 0 Å². The van der Waals surface area contributed by atoms with Crippen LogP contribution in [0.1, 0.15) is 36.6 Å². The van der Waals surface area contributed by atoms with E-state index >= 15 is 0 Å². The molecule has 0 spiro atoms. The molecule has 1 unspecified atom stereocenters. The Morgan fingerprint density at radius 2 is 2.00 bits per heavy atom. The van der Waals surface area contributed by atoms with E-state index in [1.165, 1.54) is 24.6 Å². The Bertz CT molecular complexity index is 803. The van der Waals surface area contributed by atoms with Crippen LogP contribution in [-0.2, 0) is 6.54 Å². The number of ether oxygens (including phenoxy) is 1. The fraction of sp³-hybridized carbons (Fsp3) is 0.368. The molecule has 2 heterocycles. The molecule has 1 saturated carbocycles. The van der Waals surface area contributed by atoms with Crippen molar-refractivity contribution in [1.29, 1.82) is 0 Å². The van der Waals surface area contributed by atoms with E-state index in [1.807, 2.05) is 12.1 Å². The van der Waals surface area contributed by atoms with Crippen molar-refractivity contribution < 1.29 is 13.5 Å². The number of hydrogen-bond donors (Lipinski definition) is 2. The van der Waals surface area contributed by atoms with Crippen LogP contribution in [0, 0.1) is 11.6 Å². The van der Waals surface area contributed by atoms with Crippen LogP contribution in [0.25, 0.3) is 0 Å². The Labute approximate surface area is 150 Å². The van der Waals surface area contributed by atoms with E-state index in [0.29, 0.717) is 18.6 Å². The number of rotatable bonds is 5. The Morgan fingerprint density at radius 1 is 1.19 bits per heavy atom. The highest BCUT2D eigenvalue weighted by molar-refractivity contribution is 5.82. The number of halogens is 2. The second kappa shape index (κ2) is 7.27. The molecule has 26 heavy (non-hydrogen) atoms. The van der Waals surface area contributed by atoms with Gasteiger partial charge in [-0.05, 0) is 37.5 Å². The van der Waals surface area contributed by atoms with Gasteiger partial charge in [-0.25, -0.2) is 8.78 Å². The van der Waals surface area contributed by atoms with Crippen molar-refractivity contribution >= 4 is 5.96 Å². The molecule has 1 atom stereocenters. The van der Waals surface area contributed by atoms with Gasteiger partial charge in [-0.1, -0.05) is 6.07 Å². The van der Waals surface area contributed by atoms with E-state index in [0.717, 1.165) is 24.3 Å². The van der Waals surface area contributed by atoms with Crippen LogP contribution in [0.4, 0.5) is 8.78 Å². The zero-order valence-electron chi connectivity index (χ0n) is 14.2. The third kappa shape index (κ3) is 3.61. The van der Waals surface area contributed by atoms with Crippen LogP contribution < -0.4 is 15.4 Å². The standard InChI is InChI=1S/C19H20F2N4O/c20-15-5-2-6-16(21)18(15)17-11-24-19(25-17)23-10-12-9-14(7-8-22-12)26-13-3-1-4-13/h2,5-9,13,17H,1,3-4,10-11H2,(H2,23,24,25). The molecule has 2 N–H and O–H groups in total. The topological polar surface area (TPSA) is 58.5 Å². The first-order valence-electron chi connectivity index (χ1n) is 8.79. The first-order chi connectivity index (χ1) is 12.7. The van der Waals surface area contributed by atoms with E-state index in [1.54, 1.807) is 6.20 Å². The van der Waals surface area contributed by atoms with Crippen LogP contribution in [0.2, 0.25) is 0 Å². The Morgan fingerprint density at radius 3 is 2.73 bits per heavy atom. The number of aliphatic imine (C=N–C) groups is 1. The second-order valence-corrected chi connectivity index (χ2v) is 6.53. The molecule has 2 aromatic rings. The summed E-state index contributed by atoms with van der Waals surface area (Å²) >= 11 is 0. The Balaban J connectivity index is 1.34. The van der Waals surface area contributed by atoms with Gasteiger partial charge in [0.15, 0.2) is 5.96 Å². The highest BCUT2D eigenvalue weighted by atomic mass is 19.1. The number of hydrogen-bond acceptors (Lipinski definition) is 5. The lowest BCUT2D eigenvalue weighted by atomic mass is 9.96. The predicted octanol–water partition coefficient (Wildman–Crippen LogP) is 3.08. The smallest absolute Gasteiger partial charge is 0.192 e. The molecule has 7 heteroatoms. The minimum atomic E-state index is -0.568. The Kier molecular flexibility index (Phi) is 4.69. The summed E-state index contributed by atoms with van der Waals surface area (Å²) in [7, 11) is 0. The highest BCUT2D eigenvalue weighted by Gasteiger charge is 2.25. The molecule has 1 aliphatic heterocycles. The monoisotopic (exact) mass is 358 g/mol. The quantitative estimate of drug-likeness (QED) is 0.862. The second-order valence-electron chi connectivity index (χ2n) is 6.53. The summed E-state index contributed by atoms with van der Waals surface area (Å²) in [4.78, 5) is 8.60. The maximum Gasteiger partial charge on any atom is 0.192 e. The normalized spacial score (nSPS) is 19.5. The summed E-state index contributed by atoms with van der Waals surface area (Å²) in [5, 5.41) is 6.15. The summed E-state index contributed by atoms with van der Waals surface area (Å²) in [6.07, 6.45) is 5.46. The lowest BCUT2D eigenvalue weighted by Gasteiger charge is -2.26. The molecule has 1 aromatic carbocycles. The molecule has 2 aliphatic rings.